The molecule has 0 saturated heterocycles. The Morgan fingerprint density at radius 1 is 1.00 bits per heavy atom. The van der Waals surface area contributed by atoms with Gasteiger partial charge in [0.15, 0.2) is 0 Å². The summed E-state index contributed by atoms with van der Waals surface area (Å²) in [5, 5.41) is 10.6. The number of rotatable bonds is 3. The van der Waals surface area contributed by atoms with E-state index < -0.39 is 0 Å². The van der Waals surface area contributed by atoms with E-state index in [-0.39, 0.29) is 10.6 Å². The molecule has 0 fully saturated rings. The molecule has 0 aliphatic heterocycles. The summed E-state index contributed by atoms with van der Waals surface area (Å²) in [6, 6.07) is 14.7. The van der Waals surface area contributed by atoms with E-state index in [4.69, 9.17) is 0 Å². The lowest BCUT2D eigenvalue weighted by Crippen LogP contribution is -1.87. The van der Waals surface area contributed by atoms with Gasteiger partial charge in [0.05, 0.1) is 4.92 Å². The highest BCUT2D eigenvalue weighted by Crippen LogP contribution is 2.15. The van der Waals surface area contributed by atoms with E-state index >= 15 is 0 Å². The molecule has 0 saturated carbocycles. The van der Waals surface area contributed by atoms with Crippen molar-refractivity contribution in [2.75, 3.05) is 0 Å². The lowest BCUT2D eigenvalue weighted by Gasteiger charge is -1.96. The van der Waals surface area contributed by atoms with Gasteiger partial charge in [0, 0.05) is 12.1 Å². The van der Waals surface area contributed by atoms with Crippen LogP contribution in [0.15, 0.2) is 48.5 Å². The van der Waals surface area contributed by atoms with Crippen LogP contribution in [0.1, 0.15) is 16.7 Å². The van der Waals surface area contributed by atoms with E-state index in [0.717, 1.165) is 11.1 Å². The van der Waals surface area contributed by atoms with Crippen LogP contribution in [0.5, 0.6) is 0 Å². The van der Waals surface area contributed by atoms with Crippen LogP contribution in [-0.4, -0.2) is 4.92 Å². The van der Waals surface area contributed by atoms with Gasteiger partial charge < -0.3 is 0 Å². The van der Waals surface area contributed by atoms with Crippen LogP contribution >= 0.6 is 0 Å². The van der Waals surface area contributed by atoms with E-state index in [1.54, 1.807) is 12.1 Å². The van der Waals surface area contributed by atoms with Gasteiger partial charge >= 0.3 is 0 Å². The smallest absolute Gasteiger partial charge is 0.258 e. The number of hydrogen-bond donors (Lipinski definition) is 0. The third kappa shape index (κ3) is 3.04. The molecule has 0 spiro atoms. The molecule has 0 aliphatic rings. The summed E-state index contributed by atoms with van der Waals surface area (Å²) in [5.41, 5.74) is 3.22. The summed E-state index contributed by atoms with van der Waals surface area (Å²) >= 11 is 0. The number of benzene rings is 2. The van der Waals surface area contributed by atoms with Gasteiger partial charge in [0.1, 0.15) is 0 Å². The second-order valence-corrected chi connectivity index (χ2v) is 4.10. The first-order chi connectivity index (χ1) is 8.65. The lowest BCUT2D eigenvalue weighted by atomic mass is 10.1. The Labute approximate surface area is 106 Å². The monoisotopic (exact) mass is 239 g/mol. The number of nitro groups is 1. The molecule has 18 heavy (non-hydrogen) atoms. The van der Waals surface area contributed by atoms with Gasteiger partial charge in [-0.05, 0) is 18.1 Å². The van der Waals surface area contributed by atoms with Crippen LogP contribution < -0.4 is 0 Å². The summed E-state index contributed by atoms with van der Waals surface area (Å²) in [6.07, 6.45) is 3.82. The molecule has 0 bridgehead atoms. The van der Waals surface area contributed by atoms with Crippen molar-refractivity contribution in [3.63, 3.8) is 0 Å². The summed E-state index contributed by atoms with van der Waals surface area (Å²) < 4.78 is 0. The average molecular weight is 239 g/mol. The molecule has 3 nitrogen and oxygen atoms in total. The minimum absolute atomic E-state index is 0.112. The summed E-state index contributed by atoms with van der Waals surface area (Å²) in [5.74, 6) is 0. The van der Waals surface area contributed by atoms with E-state index in [1.807, 2.05) is 49.4 Å². The molecule has 2 aromatic rings. The molecule has 0 radical (unpaired) electrons. The van der Waals surface area contributed by atoms with Gasteiger partial charge in [-0.2, -0.15) is 0 Å². The van der Waals surface area contributed by atoms with Crippen LogP contribution in [-0.2, 0) is 0 Å². The van der Waals surface area contributed by atoms with Gasteiger partial charge in [0.2, 0.25) is 0 Å². The molecule has 0 amide bonds. The van der Waals surface area contributed by atoms with Crippen LogP contribution in [0.3, 0.4) is 0 Å². The van der Waals surface area contributed by atoms with Crippen molar-refractivity contribution in [2.45, 2.75) is 6.92 Å². The first-order valence-electron chi connectivity index (χ1n) is 5.64. The predicted molar refractivity (Wildman–Crippen MR) is 73.2 cm³/mol. The van der Waals surface area contributed by atoms with Gasteiger partial charge in [-0.25, -0.2) is 0 Å². The third-order valence-corrected chi connectivity index (χ3v) is 2.63. The second-order valence-electron chi connectivity index (χ2n) is 4.10. The summed E-state index contributed by atoms with van der Waals surface area (Å²) in [4.78, 5) is 10.3. The molecule has 0 N–H and O–H groups in total. The standard InChI is InChI=1S/C15H13NO2/c1-12-5-7-13(8-6-12)9-10-14-3-2-4-15(11-14)16(17)18/h2-11H,1H3/b10-9+. The van der Waals surface area contributed by atoms with E-state index in [2.05, 4.69) is 0 Å². The van der Waals surface area contributed by atoms with Crippen LogP contribution in [0.25, 0.3) is 12.2 Å². The highest BCUT2D eigenvalue weighted by molar-refractivity contribution is 5.70. The number of nitro benzene ring substituents is 1. The number of nitrogens with zero attached hydrogens (tertiary/aromatic N) is 1. The highest BCUT2D eigenvalue weighted by Gasteiger charge is 2.03. The first-order valence-corrected chi connectivity index (χ1v) is 5.64. The van der Waals surface area contributed by atoms with Crippen molar-refractivity contribution in [1.82, 2.24) is 0 Å². The molecule has 3 heteroatoms. The Morgan fingerprint density at radius 3 is 2.33 bits per heavy atom. The van der Waals surface area contributed by atoms with Gasteiger partial charge in [-0.3, -0.25) is 10.1 Å². The first kappa shape index (κ1) is 12.0. The van der Waals surface area contributed by atoms with Crippen molar-refractivity contribution in [3.05, 3.63) is 75.3 Å². The maximum absolute atomic E-state index is 10.6. The van der Waals surface area contributed by atoms with Crippen molar-refractivity contribution in [3.8, 4) is 0 Å². The summed E-state index contributed by atoms with van der Waals surface area (Å²) in [6.45, 7) is 2.04. The number of non-ortho nitro benzene ring substituents is 1. The van der Waals surface area contributed by atoms with Crippen LogP contribution in [0.2, 0.25) is 0 Å². The zero-order chi connectivity index (χ0) is 13.0. The van der Waals surface area contributed by atoms with Crippen molar-refractivity contribution in [1.29, 1.82) is 0 Å². The van der Waals surface area contributed by atoms with Crippen molar-refractivity contribution >= 4 is 17.8 Å². The SMILES string of the molecule is Cc1ccc(/C=C/c2cccc([N+](=O)[O-])c2)cc1. The van der Waals surface area contributed by atoms with Crippen LogP contribution in [0, 0.1) is 17.0 Å². The summed E-state index contributed by atoms with van der Waals surface area (Å²) in [7, 11) is 0. The maximum atomic E-state index is 10.6. The van der Waals surface area contributed by atoms with E-state index in [9.17, 15) is 10.1 Å². The molecule has 0 atom stereocenters. The molecule has 2 aromatic carbocycles. The molecule has 2 rings (SSSR count). The maximum Gasteiger partial charge on any atom is 0.270 e. The van der Waals surface area contributed by atoms with Crippen LogP contribution in [0.4, 0.5) is 5.69 Å². The molecule has 0 heterocycles. The molecule has 0 aromatic heterocycles. The Bertz CT molecular complexity index is 586. The Morgan fingerprint density at radius 2 is 1.67 bits per heavy atom. The molecule has 0 unspecified atom stereocenters. The Kier molecular flexibility index (Phi) is 3.53. The van der Waals surface area contributed by atoms with Gasteiger partial charge in [0.25, 0.3) is 5.69 Å². The molecular weight excluding hydrogens is 226 g/mol. The van der Waals surface area contributed by atoms with Gasteiger partial charge in [-0.1, -0.05) is 54.1 Å². The minimum Gasteiger partial charge on any atom is -0.258 e. The normalized spacial score (nSPS) is 10.7. The molecule has 0 aliphatic carbocycles. The molecular formula is C15H13NO2. The number of hydrogen-bond acceptors (Lipinski definition) is 2. The number of aryl methyl sites for hydroxylation is 1. The largest absolute Gasteiger partial charge is 0.270 e. The molecule has 90 valence electrons. The zero-order valence-corrected chi connectivity index (χ0v) is 10.0. The second kappa shape index (κ2) is 5.27. The predicted octanol–water partition coefficient (Wildman–Crippen LogP) is 4.07. The van der Waals surface area contributed by atoms with Crippen molar-refractivity contribution in [2.24, 2.45) is 0 Å². The topological polar surface area (TPSA) is 43.1 Å². The fourth-order valence-electron chi connectivity index (χ4n) is 1.61. The highest BCUT2D eigenvalue weighted by atomic mass is 16.6. The van der Waals surface area contributed by atoms with Crippen molar-refractivity contribution < 1.29 is 4.92 Å². The Balaban J connectivity index is 2.20. The third-order valence-electron chi connectivity index (χ3n) is 2.63. The fraction of sp³-hybridized carbons (Fsp3) is 0.0667. The average Bonchev–Trinajstić information content (AvgIpc) is 2.38. The van der Waals surface area contributed by atoms with E-state index in [0.29, 0.717) is 0 Å². The minimum atomic E-state index is -0.386. The fourth-order valence-corrected chi connectivity index (χ4v) is 1.61. The Hall–Kier alpha value is -2.42. The van der Waals surface area contributed by atoms with Gasteiger partial charge in [-0.15, -0.1) is 0 Å². The van der Waals surface area contributed by atoms with E-state index in [1.165, 1.54) is 11.6 Å². The quantitative estimate of drug-likeness (QED) is 0.460. The lowest BCUT2D eigenvalue weighted by molar-refractivity contribution is -0.384. The zero-order valence-electron chi connectivity index (χ0n) is 10.0.